The molecule has 106 valence electrons. The van der Waals surface area contributed by atoms with Crippen molar-refractivity contribution < 1.29 is 14.6 Å². The fourth-order valence-corrected chi connectivity index (χ4v) is 1.71. The van der Waals surface area contributed by atoms with Gasteiger partial charge < -0.3 is 9.84 Å². The van der Waals surface area contributed by atoms with Gasteiger partial charge in [0.15, 0.2) is 0 Å². The molecule has 1 aromatic carbocycles. The first-order valence-electron chi connectivity index (χ1n) is 6.64. The Morgan fingerprint density at radius 1 is 1.37 bits per heavy atom. The summed E-state index contributed by atoms with van der Waals surface area (Å²) in [5.41, 5.74) is 0.816. The van der Waals surface area contributed by atoms with Crippen LogP contribution in [0.2, 0.25) is 0 Å². The molecule has 0 bridgehead atoms. The van der Waals surface area contributed by atoms with Crippen LogP contribution in [0, 0.1) is 0 Å². The second-order valence-corrected chi connectivity index (χ2v) is 5.54. The van der Waals surface area contributed by atoms with Crippen molar-refractivity contribution >= 4 is 11.8 Å². The van der Waals surface area contributed by atoms with Crippen molar-refractivity contribution in [3.8, 4) is 5.75 Å². The first-order chi connectivity index (χ1) is 8.83. The van der Waals surface area contributed by atoms with Crippen molar-refractivity contribution in [3.05, 3.63) is 23.8 Å². The number of benzene rings is 1. The van der Waals surface area contributed by atoms with Crippen LogP contribution in [0.3, 0.4) is 0 Å². The van der Waals surface area contributed by atoms with Crippen molar-refractivity contribution in [2.75, 3.05) is 5.32 Å². The number of unbranched alkanes of at least 4 members (excludes halogenated alkanes) is 1. The Morgan fingerprint density at radius 3 is 2.63 bits per heavy atom. The summed E-state index contributed by atoms with van der Waals surface area (Å²) in [4.78, 5) is 11.8. The zero-order chi connectivity index (χ0) is 14.5. The van der Waals surface area contributed by atoms with Crippen LogP contribution in [0.25, 0.3) is 0 Å². The van der Waals surface area contributed by atoms with Gasteiger partial charge in [0, 0.05) is 0 Å². The maximum atomic E-state index is 11.8. The quantitative estimate of drug-likeness (QED) is 0.806. The average molecular weight is 265 g/mol. The van der Waals surface area contributed by atoms with E-state index < -0.39 is 11.7 Å². The van der Waals surface area contributed by atoms with E-state index in [4.69, 9.17) is 4.74 Å². The zero-order valence-corrected chi connectivity index (χ0v) is 12.1. The molecule has 0 unspecified atom stereocenters. The highest BCUT2D eigenvalue weighted by molar-refractivity contribution is 5.88. The minimum atomic E-state index is -0.557. The Morgan fingerprint density at radius 2 is 2.05 bits per heavy atom. The van der Waals surface area contributed by atoms with Gasteiger partial charge in [-0.25, -0.2) is 4.79 Å². The summed E-state index contributed by atoms with van der Waals surface area (Å²) in [6, 6.07) is 5.24. The van der Waals surface area contributed by atoms with E-state index in [-0.39, 0.29) is 5.75 Å². The largest absolute Gasteiger partial charge is 0.506 e. The third-order valence-electron chi connectivity index (χ3n) is 2.55. The van der Waals surface area contributed by atoms with Gasteiger partial charge >= 0.3 is 6.09 Å². The van der Waals surface area contributed by atoms with Crippen molar-refractivity contribution in [3.63, 3.8) is 0 Å². The van der Waals surface area contributed by atoms with Crippen molar-refractivity contribution in [1.29, 1.82) is 0 Å². The molecule has 0 saturated heterocycles. The van der Waals surface area contributed by atoms with E-state index in [9.17, 15) is 9.90 Å². The molecule has 1 aromatic rings. The number of hydrogen-bond acceptors (Lipinski definition) is 3. The van der Waals surface area contributed by atoms with Crippen LogP contribution in [0.15, 0.2) is 18.2 Å². The fraction of sp³-hybridized carbons (Fsp3) is 0.533. The standard InChI is InChI=1S/C15H23NO3/c1-5-6-8-11-9-7-10-12(17)13(11)16-14(18)19-15(2,3)4/h7,9-10,17H,5-6,8H2,1-4H3,(H,16,18). The number of carbonyl (C=O) groups is 1. The number of ether oxygens (including phenoxy) is 1. The second kappa shape index (κ2) is 6.45. The molecule has 0 heterocycles. The lowest BCUT2D eigenvalue weighted by Crippen LogP contribution is -2.27. The summed E-state index contributed by atoms with van der Waals surface area (Å²) < 4.78 is 5.19. The van der Waals surface area contributed by atoms with Crippen LogP contribution in [-0.4, -0.2) is 16.8 Å². The van der Waals surface area contributed by atoms with Gasteiger partial charge in [-0.1, -0.05) is 25.5 Å². The lowest BCUT2D eigenvalue weighted by molar-refractivity contribution is 0.0635. The van der Waals surface area contributed by atoms with Gasteiger partial charge in [-0.3, -0.25) is 5.32 Å². The van der Waals surface area contributed by atoms with Gasteiger partial charge in [0.25, 0.3) is 0 Å². The van der Waals surface area contributed by atoms with Crippen LogP contribution >= 0.6 is 0 Å². The molecule has 4 heteroatoms. The molecule has 0 fully saturated rings. The normalized spacial score (nSPS) is 11.2. The lowest BCUT2D eigenvalue weighted by atomic mass is 10.1. The molecule has 0 aromatic heterocycles. The highest BCUT2D eigenvalue weighted by Gasteiger charge is 2.18. The summed E-state index contributed by atoms with van der Waals surface area (Å²) in [7, 11) is 0. The molecular formula is C15H23NO3. The SMILES string of the molecule is CCCCc1cccc(O)c1NC(=O)OC(C)(C)C. The fourth-order valence-electron chi connectivity index (χ4n) is 1.71. The van der Waals surface area contributed by atoms with E-state index in [1.165, 1.54) is 0 Å². The number of phenolic OH excluding ortho intramolecular Hbond substituents is 1. The van der Waals surface area contributed by atoms with Crippen LogP contribution in [0.1, 0.15) is 46.1 Å². The maximum Gasteiger partial charge on any atom is 0.412 e. The van der Waals surface area contributed by atoms with Crippen LogP contribution in [0.4, 0.5) is 10.5 Å². The number of nitrogens with one attached hydrogen (secondary N) is 1. The molecule has 2 N–H and O–H groups in total. The van der Waals surface area contributed by atoms with Gasteiger partial charge in [-0.15, -0.1) is 0 Å². The van der Waals surface area contributed by atoms with Gasteiger partial charge in [0.1, 0.15) is 11.4 Å². The first-order valence-corrected chi connectivity index (χ1v) is 6.64. The highest BCUT2D eigenvalue weighted by Crippen LogP contribution is 2.29. The summed E-state index contributed by atoms with van der Waals surface area (Å²) in [5, 5.41) is 12.5. The minimum Gasteiger partial charge on any atom is -0.506 e. The molecule has 19 heavy (non-hydrogen) atoms. The molecule has 0 spiro atoms. The number of aromatic hydroxyl groups is 1. The average Bonchev–Trinajstić information content (AvgIpc) is 2.27. The third kappa shape index (κ3) is 5.20. The minimum absolute atomic E-state index is 0.0689. The van der Waals surface area contributed by atoms with Crippen LogP contribution in [-0.2, 0) is 11.2 Å². The molecule has 1 amide bonds. The molecule has 0 saturated carbocycles. The molecule has 1 rings (SSSR count). The lowest BCUT2D eigenvalue weighted by Gasteiger charge is -2.20. The van der Waals surface area contributed by atoms with E-state index >= 15 is 0 Å². The topological polar surface area (TPSA) is 58.6 Å². The van der Waals surface area contributed by atoms with E-state index in [1.54, 1.807) is 32.9 Å². The van der Waals surface area contributed by atoms with Crippen molar-refractivity contribution in [2.24, 2.45) is 0 Å². The summed E-state index contributed by atoms with van der Waals surface area (Å²) in [5.74, 6) is 0.0689. The number of phenols is 1. The Balaban J connectivity index is 2.84. The Labute approximate surface area is 114 Å². The molecule has 0 radical (unpaired) electrons. The predicted octanol–water partition coefficient (Wildman–Crippen LogP) is 4.08. The monoisotopic (exact) mass is 265 g/mol. The van der Waals surface area contributed by atoms with E-state index in [1.807, 2.05) is 6.07 Å². The zero-order valence-electron chi connectivity index (χ0n) is 12.1. The Hall–Kier alpha value is -1.71. The summed E-state index contributed by atoms with van der Waals surface area (Å²) >= 11 is 0. The second-order valence-electron chi connectivity index (χ2n) is 5.54. The third-order valence-corrected chi connectivity index (χ3v) is 2.55. The molecule has 0 aliphatic heterocycles. The Kier molecular flexibility index (Phi) is 5.21. The number of anilines is 1. The molecular weight excluding hydrogens is 242 g/mol. The predicted molar refractivity (Wildman–Crippen MR) is 76.6 cm³/mol. The first kappa shape index (κ1) is 15.3. The molecule has 0 aliphatic carbocycles. The van der Waals surface area contributed by atoms with Gasteiger partial charge in [0.2, 0.25) is 0 Å². The van der Waals surface area contributed by atoms with Crippen LogP contribution in [0.5, 0.6) is 5.75 Å². The van der Waals surface area contributed by atoms with Gasteiger partial charge in [-0.2, -0.15) is 0 Å². The number of carbonyl (C=O) groups excluding carboxylic acids is 1. The van der Waals surface area contributed by atoms with E-state index in [0.717, 1.165) is 24.8 Å². The number of aryl methyl sites for hydroxylation is 1. The Bertz CT molecular complexity index is 436. The maximum absolute atomic E-state index is 11.8. The summed E-state index contributed by atoms with van der Waals surface area (Å²) in [6.45, 7) is 7.50. The highest BCUT2D eigenvalue weighted by atomic mass is 16.6. The smallest absolute Gasteiger partial charge is 0.412 e. The number of amides is 1. The van der Waals surface area contributed by atoms with Gasteiger partial charge in [-0.05, 0) is 45.2 Å². The van der Waals surface area contributed by atoms with Crippen molar-refractivity contribution in [1.82, 2.24) is 0 Å². The number of para-hydroxylation sites is 1. The molecule has 0 atom stereocenters. The number of hydrogen-bond donors (Lipinski definition) is 2. The van der Waals surface area contributed by atoms with Crippen LogP contribution < -0.4 is 5.32 Å². The van der Waals surface area contributed by atoms with E-state index in [0.29, 0.717) is 5.69 Å². The number of rotatable bonds is 4. The molecule has 0 aliphatic rings. The summed E-state index contributed by atoms with van der Waals surface area (Å²) in [6.07, 6.45) is 2.33. The van der Waals surface area contributed by atoms with Crippen molar-refractivity contribution in [2.45, 2.75) is 52.6 Å². The van der Waals surface area contributed by atoms with Gasteiger partial charge in [0.05, 0.1) is 5.69 Å². The molecule has 4 nitrogen and oxygen atoms in total. The van der Waals surface area contributed by atoms with E-state index in [2.05, 4.69) is 12.2 Å².